The number of carbonyl (C=O) groups excluding carboxylic acids is 1. The summed E-state index contributed by atoms with van der Waals surface area (Å²) >= 11 is 0. The SMILES string of the molecule is O=C(CNCP(=O)(O)O)N(O)CC1COCCO1. The zero-order valence-electron chi connectivity index (χ0n) is 9.69. The van der Waals surface area contributed by atoms with Crippen molar-refractivity contribution in [3.05, 3.63) is 0 Å². The maximum Gasteiger partial charge on any atom is 0.339 e. The van der Waals surface area contributed by atoms with E-state index in [0.29, 0.717) is 24.9 Å². The lowest BCUT2D eigenvalue weighted by atomic mass is 10.3. The van der Waals surface area contributed by atoms with Gasteiger partial charge in [0.25, 0.3) is 5.91 Å². The molecule has 1 saturated heterocycles. The Hall–Kier alpha value is -0.540. The van der Waals surface area contributed by atoms with Crippen LogP contribution in [-0.4, -0.2) is 71.3 Å². The lowest BCUT2D eigenvalue weighted by Crippen LogP contribution is -2.44. The first-order valence-corrected chi connectivity index (χ1v) is 7.12. The first kappa shape index (κ1) is 15.5. The quantitative estimate of drug-likeness (QED) is 0.259. The van der Waals surface area contributed by atoms with Crippen molar-refractivity contribution in [2.24, 2.45) is 0 Å². The van der Waals surface area contributed by atoms with Gasteiger partial charge in [-0.15, -0.1) is 0 Å². The molecule has 1 rings (SSSR count). The van der Waals surface area contributed by atoms with Crippen molar-refractivity contribution in [2.75, 3.05) is 39.2 Å². The Balaban J connectivity index is 2.21. The van der Waals surface area contributed by atoms with Crippen LogP contribution in [0.3, 0.4) is 0 Å². The minimum Gasteiger partial charge on any atom is -0.376 e. The molecule has 0 spiro atoms. The predicted octanol–water partition coefficient (Wildman–Crippen LogP) is -1.66. The van der Waals surface area contributed by atoms with Crippen molar-refractivity contribution in [1.82, 2.24) is 10.4 Å². The fraction of sp³-hybridized carbons (Fsp3) is 0.875. The van der Waals surface area contributed by atoms with E-state index in [1.807, 2.05) is 0 Å². The third kappa shape index (κ3) is 6.41. The van der Waals surface area contributed by atoms with Crippen molar-refractivity contribution in [2.45, 2.75) is 6.10 Å². The van der Waals surface area contributed by atoms with Crippen LogP contribution in [0.15, 0.2) is 0 Å². The lowest BCUT2D eigenvalue weighted by molar-refractivity contribution is -0.180. The highest BCUT2D eigenvalue weighted by molar-refractivity contribution is 7.51. The minimum atomic E-state index is -4.20. The number of carbonyl (C=O) groups is 1. The summed E-state index contributed by atoms with van der Waals surface area (Å²) in [7, 11) is -4.20. The van der Waals surface area contributed by atoms with E-state index in [1.54, 1.807) is 0 Å². The molecule has 10 heteroatoms. The van der Waals surface area contributed by atoms with Crippen LogP contribution in [-0.2, 0) is 18.8 Å². The number of hydrogen-bond acceptors (Lipinski definition) is 6. The first-order valence-electron chi connectivity index (χ1n) is 5.32. The Morgan fingerprint density at radius 2 is 2.17 bits per heavy atom. The molecule has 0 aromatic rings. The fourth-order valence-corrected chi connectivity index (χ4v) is 1.74. The molecule has 1 amide bonds. The summed E-state index contributed by atoms with van der Waals surface area (Å²) in [6.07, 6.45) is -1.01. The van der Waals surface area contributed by atoms with Crippen molar-refractivity contribution in [3.63, 3.8) is 0 Å². The van der Waals surface area contributed by atoms with Crippen molar-refractivity contribution in [3.8, 4) is 0 Å². The standard InChI is InChI=1S/C8H17N2O7P/c11-8(3-9-6-18(13,14)15)10(12)4-7-5-16-1-2-17-7/h7,9,12H,1-6H2,(H2,13,14,15). The van der Waals surface area contributed by atoms with Crippen LogP contribution in [0.4, 0.5) is 0 Å². The Labute approximate surface area is 104 Å². The number of hydroxylamine groups is 2. The molecule has 18 heavy (non-hydrogen) atoms. The maximum absolute atomic E-state index is 11.4. The summed E-state index contributed by atoms with van der Waals surface area (Å²) in [6, 6.07) is 0. The van der Waals surface area contributed by atoms with E-state index in [4.69, 9.17) is 19.3 Å². The van der Waals surface area contributed by atoms with Gasteiger partial charge in [0.1, 0.15) is 6.10 Å². The number of rotatable bonds is 6. The van der Waals surface area contributed by atoms with Crippen LogP contribution in [0.1, 0.15) is 0 Å². The molecule has 0 radical (unpaired) electrons. The molecular weight excluding hydrogens is 267 g/mol. The molecule has 106 valence electrons. The highest BCUT2D eigenvalue weighted by Gasteiger charge is 2.21. The van der Waals surface area contributed by atoms with Crippen LogP contribution in [0.5, 0.6) is 0 Å². The van der Waals surface area contributed by atoms with Crippen LogP contribution in [0.25, 0.3) is 0 Å². The molecule has 1 fully saturated rings. The minimum absolute atomic E-state index is 0.0452. The summed E-state index contributed by atoms with van der Waals surface area (Å²) in [5.74, 6) is -0.697. The first-order chi connectivity index (χ1) is 8.38. The van der Waals surface area contributed by atoms with Gasteiger partial charge in [-0.2, -0.15) is 0 Å². The van der Waals surface area contributed by atoms with Gasteiger partial charge in [-0.05, 0) is 0 Å². The molecule has 4 N–H and O–H groups in total. The molecule has 1 heterocycles. The normalized spacial score (nSPS) is 20.7. The second-order valence-corrected chi connectivity index (χ2v) is 5.44. The monoisotopic (exact) mass is 284 g/mol. The highest BCUT2D eigenvalue weighted by Crippen LogP contribution is 2.31. The third-order valence-electron chi connectivity index (χ3n) is 2.14. The van der Waals surface area contributed by atoms with Gasteiger partial charge in [-0.1, -0.05) is 0 Å². The molecule has 0 aromatic carbocycles. The van der Waals surface area contributed by atoms with E-state index in [0.717, 1.165) is 0 Å². The molecule has 1 aliphatic rings. The van der Waals surface area contributed by atoms with E-state index in [9.17, 15) is 14.6 Å². The average molecular weight is 284 g/mol. The summed E-state index contributed by atoms with van der Waals surface area (Å²) < 4.78 is 20.8. The summed E-state index contributed by atoms with van der Waals surface area (Å²) in [5.41, 5.74) is 0. The number of amides is 1. The molecule has 1 aliphatic heterocycles. The molecule has 1 atom stereocenters. The topological polar surface area (TPSA) is 129 Å². The smallest absolute Gasteiger partial charge is 0.339 e. The van der Waals surface area contributed by atoms with Gasteiger partial charge in [-0.3, -0.25) is 19.9 Å². The van der Waals surface area contributed by atoms with Gasteiger partial charge in [0.2, 0.25) is 0 Å². The van der Waals surface area contributed by atoms with Gasteiger partial charge in [0, 0.05) is 0 Å². The molecule has 0 aliphatic carbocycles. The highest BCUT2D eigenvalue weighted by atomic mass is 31.2. The number of ether oxygens (including phenoxy) is 2. The van der Waals surface area contributed by atoms with E-state index in [2.05, 4.69) is 5.32 Å². The number of nitrogens with one attached hydrogen (secondary N) is 1. The van der Waals surface area contributed by atoms with Gasteiger partial charge in [-0.25, -0.2) is 5.06 Å². The summed E-state index contributed by atoms with van der Waals surface area (Å²) in [6.45, 7) is 0.773. The zero-order chi connectivity index (χ0) is 13.6. The fourth-order valence-electron chi connectivity index (χ4n) is 1.34. The van der Waals surface area contributed by atoms with Crippen molar-refractivity contribution >= 4 is 13.5 Å². The largest absolute Gasteiger partial charge is 0.376 e. The maximum atomic E-state index is 11.4. The molecule has 0 saturated carbocycles. The molecule has 9 nitrogen and oxygen atoms in total. The van der Waals surface area contributed by atoms with E-state index < -0.39 is 25.9 Å². The van der Waals surface area contributed by atoms with E-state index >= 15 is 0 Å². The van der Waals surface area contributed by atoms with Crippen molar-refractivity contribution in [1.29, 1.82) is 0 Å². The van der Waals surface area contributed by atoms with Crippen LogP contribution < -0.4 is 5.32 Å². The van der Waals surface area contributed by atoms with E-state index in [-0.39, 0.29) is 13.1 Å². The van der Waals surface area contributed by atoms with Crippen molar-refractivity contribution < 1.29 is 33.8 Å². The Kier molecular flexibility index (Phi) is 6.16. The average Bonchev–Trinajstić information content (AvgIpc) is 2.28. The zero-order valence-corrected chi connectivity index (χ0v) is 10.6. The summed E-state index contributed by atoms with van der Waals surface area (Å²) in [5, 5.41) is 12.1. The number of hydrogen-bond donors (Lipinski definition) is 4. The van der Waals surface area contributed by atoms with Crippen LogP contribution in [0.2, 0.25) is 0 Å². The Bertz CT molecular complexity index is 315. The molecule has 1 unspecified atom stereocenters. The Morgan fingerprint density at radius 3 is 2.72 bits per heavy atom. The second-order valence-electron chi connectivity index (χ2n) is 3.79. The Morgan fingerprint density at radius 1 is 1.44 bits per heavy atom. The summed E-state index contributed by atoms with van der Waals surface area (Å²) in [4.78, 5) is 28.5. The van der Waals surface area contributed by atoms with Crippen LogP contribution in [0, 0.1) is 0 Å². The molecular formula is C8H17N2O7P. The number of nitrogens with zero attached hydrogens (tertiary/aromatic N) is 1. The molecule has 0 bridgehead atoms. The lowest BCUT2D eigenvalue weighted by Gasteiger charge is -2.26. The molecule has 0 aromatic heterocycles. The van der Waals surface area contributed by atoms with Crippen LogP contribution >= 0.6 is 7.60 Å². The van der Waals surface area contributed by atoms with Gasteiger partial charge < -0.3 is 19.3 Å². The second kappa shape index (κ2) is 7.15. The predicted molar refractivity (Wildman–Crippen MR) is 59.0 cm³/mol. The van der Waals surface area contributed by atoms with E-state index in [1.165, 1.54) is 0 Å². The van der Waals surface area contributed by atoms with Gasteiger partial charge in [0.05, 0.1) is 39.2 Å². The van der Waals surface area contributed by atoms with Gasteiger partial charge >= 0.3 is 7.60 Å². The third-order valence-corrected chi connectivity index (χ3v) is 2.78. The van der Waals surface area contributed by atoms with Gasteiger partial charge in [0.15, 0.2) is 0 Å².